The molecule has 1 aliphatic heterocycles. The minimum absolute atomic E-state index is 0.154. The van der Waals surface area contributed by atoms with Crippen LogP contribution in [0.2, 0.25) is 0 Å². The van der Waals surface area contributed by atoms with Gasteiger partial charge in [0.15, 0.2) is 6.61 Å². The Morgan fingerprint density at radius 3 is 1.84 bits per heavy atom. The number of carbonyl (C=O) groups is 2. The summed E-state index contributed by atoms with van der Waals surface area (Å²) in [6.07, 6.45) is 0. The van der Waals surface area contributed by atoms with Gasteiger partial charge in [-0.05, 0) is 86.7 Å². The fourth-order valence-electron chi connectivity index (χ4n) is 4.10. The third-order valence-corrected chi connectivity index (χ3v) is 6.60. The number of hydrogen-bond acceptors (Lipinski definition) is 5. The second kappa shape index (κ2) is 9.41. The Hall–Kier alpha value is -3.02. The van der Waals surface area contributed by atoms with Crippen molar-refractivity contribution in [1.82, 2.24) is 4.90 Å². The zero-order valence-corrected chi connectivity index (χ0v) is 19.4. The highest BCUT2D eigenvalue weighted by Crippen LogP contribution is 2.26. The number of rotatable bonds is 5. The molecule has 1 heterocycles. The number of esters is 1. The van der Waals surface area contributed by atoms with Crippen LogP contribution in [0.3, 0.4) is 0 Å². The third-order valence-electron chi connectivity index (χ3n) is 6.60. The van der Waals surface area contributed by atoms with Crippen LogP contribution in [0.15, 0.2) is 24.3 Å². The lowest BCUT2D eigenvalue weighted by molar-refractivity contribution is -0.134. The van der Waals surface area contributed by atoms with Gasteiger partial charge in [0, 0.05) is 31.9 Å². The summed E-state index contributed by atoms with van der Waals surface area (Å²) in [6.45, 7) is 12.4. The minimum Gasteiger partial charge on any atom is -0.497 e. The molecule has 1 amide bonds. The van der Waals surface area contributed by atoms with Crippen LogP contribution < -0.4 is 9.64 Å². The standard InChI is InChI=1S/C25H32N2O4/c1-16-17(2)19(4)24(20(5)18(16)3)25(29)31-15-23(28)27-13-11-26(12-14-27)21-7-9-22(30-6)10-8-21/h7-10H,11-15H2,1-6H3. The highest BCUT2D eigenvalue weighted by Gasteiger charge is 2.24. The maximum Gasteiger partial charge on any atom is 0.339 e. The summed E-state index contributed by atoms with van der Waals surface area (Å²) in [6, 6.07) is 7.91. The van der Waals surface area contributed by atoms with Gasteiger partial charge < -0.3 is 19.3 Å². The van der Waals surface area contributed by atoms with Crippen molar-refractivity contribution in [2.24, 2.45) is 0 Å². The molecule has 2 aromatic carbocycles. The van der Waals surface area contributed by atoms with Crippen molar-refractivity contribution in [3.63, 3.8) is 0 Å². The second-order valence-electron chi connectivity index (χ2n) is 8.14. The van der Waals surface area contributed by atoms with Crippen LogP contribution in [0.4, 0.5) is 5.69 Å². The highest BCUT2D eigenvalue weighted by atomic mass is 16.5. The van der Waals surface area contributed by atoms with Gasteiger partial charge in [0.2, 0.25) is 0 Å². The van der Waals surface area contributed by atoms with Crippen LogP contribution in [0, 0.1) is 34.6 Å². The molecule has 2 aromatic rings. The first-order valence-electron chi connectivity index (χ1n) is 10.7. The molecular weight excluding hydrogens is 392 g/mol. The van der Waals surface area contributed by atoms with Crippen molar-refractivity contribution in [3.05, 3.63) is 57.6 Å². The van der Waals surface area contributed by atoms with Gasteiger partial charge in [-0.2, -0.15) is 0 Å². The summed E-state index contributed by atoms with van der Waals surface area (Å²) in [4.78, 5) is 29.4. The molecule has 0 aromatic heterocycles. The molecule has 0 radical (unpaired) electrons. The molecule has 6 nitrogen and oxygen atoms in total. The quantitative estimate of drug-likeness (QED) is 0.685. The van der Waals surface area contributed by atoms with E-state index in [2.05, 4.69) is 11.8 Å². The monoisotopic (exact) mass is 424 g/mol. The number of methoxy groups -OCH3 is 1. The molecule has 1 fully saturated rings. The summed E-state index contributed by atoms with van der Waals surface area (Å²) < 4.78 is 10.6. The number of ether oxygens (including phenoxy) is 2. The fourth-order valence-corrected chi connectivity index (χ4v) is 4.10. The number of piperazine rings is 1. The van der Waals surface area contributed by atoms with Gasteiger partial charge in [-0.15, -0.1) is 0 Å². The first kappa shape index (κ1) is 22.7. The predicted octanol–water partition coefficient (Wildman–Crippen LogP) is 3.74. The maximum atomic E-state index is 12.8. The van der Waals surface area contributed by atoms with E-state index >= 15 is 0 Å². The van der Waals surface area contributed by atoms with Crippen molar-refractivity contribution in [3.8, 4) is 5.75 Å². The number of benzene rings is 2. The Labute approximate surface area is 184 Å². The Balaban J connectivity index is 1.57. The van der Waals surface area contributed by atoms with E-state index in [1.165, 1.54) is 5.56 Å². The first-order chi connectivity index (χ1) is 14.7. The summed E-state index contributed by atoms with van der Waals surface area (Å²) in [5, 5.41) is 0. The predicted molar refractivity (Wildman–Crippen MR) is 122 cm³/mol. The Kier molecular flexibility index (Phi) is 6.88. The van der Waals surface area contributed by atoms with Crippen LogP contribution in [-0.2, 0) is 9.53 Å². The van der Waals surface area contributed by atoms with Gasteiger partial charge in [0.25, 0.3) is 5.91 Å². The number of hydrogen-bond donors (Lipinski definition) is 0. The lowest BCUT2D eigenvalue weighted by atomic mass is 9.90. The van der Waals surface area contributed by atoms with E-state index in [1.807, 2.05) is 52.0 Å². The van der Waals surface area contributed by atoms with Gasteiger partial charge >= 0.3 is 5.97 Å². The van der Waals surface area contributed by atoms with Crippen molar-refractivity contribution in [1.29, 1.82) is 0 Å². The molecule has 166 valence electrons. The Morgan fingerprint density at radius 1 is 0.806 bits per heavy atom. The van der Waals surface area contributed by atoms with Crippen LogP contribution in [0.25, 0.3) is 0 Å². The van der Waals surface area contributed by atoms with E-state index in [0.717, 1.165) is 46.8 Å². The molecule has 0 spiro atoms. The molecule has 1 saturated heterocycles. The number of carbonyl (C=O) groups excluding carboxylic acids is 2. The van der Waals surface area contributed by atoms with E-state index < -0.39 is 5.97 Å². The van der Waals surface area contributed by atoms with E-state index in [0.29, 0.717) is 18.7 Å². The lowest BCUT2D eigenvalue weighted by Crippen LogP contribution is -2.49. The SMILES string of the molecule is COc1ccc(N2CCN(C(=O)COC(=O)c3c(C)c(C)c(C)c(C)c3C)CC2)cc1. The lowest BCUT2D eigenvalue weighted by Gasteiger charge is -2.36. The largest absolute Gasteiger partial charge is 0.497 e. The van der Waals surface area contributed by atoms with Crippen molar-refractivity contribution in [2.45, 2.75) is 34.6 Å². The average molecular weight is 425 g/mol. The third kappa shape index (κ3) is 4.68. The minimum atomic E-state index is -0.425. The smallest absolute Gasteiger partial charge is 0.339 e. The highest BCUT2D eigenvalue weighted by molar-refractivity contribution is 5.95. The molecule has 0 N–H and O–H groups in total. The topological polar surface area (TPSA) is 59.1 Å². The summed E-state index contributed by atoms with van der Waals surface area (Å²) >= 11 is 0. The van der Waals surface area contributed by atoms with Gasteiger partial charge in [-0.25, -0.2) is 4.79 Å². The first-order valence-corrected chi connectivity index (χ1v) is 10.7. The molecule has 3 rings (SSSR count). The van der Waals surface area contributed by atoms with E-state index in [4.69, 9.17) is 9.47 Å². The van der Waals surface area contributed by atoms with E-state index in [1.54, 1.807) is 12.0 Å². The van der Waals surface area contributed by atoms with Gasteiger partial charge in [-0.3, -0.25) is 4.79 Å². The Bertz CT molecular complexity index is 945. The second-order valence-corrected chi connectivity index (χ2v) is 8.14. The van der Waals surface area contributed by atoms with Crippen molar-refractivity contribution in [2.75, 3.05) is 44.8 Å². The van der Waals surface area contributed by atoms with E-state index in [9.17, 15) is 9.59 Å². The van der Waals surface area contributed by atoms with Crippen molar-refractivity contribution >= 4 is 17.6 Å². The van der Waals surface area contributed by atoms with Gasteiger partial charge in [-0.1, -0.05) is 0 Å². The number of nitrogens with zero attached hydrogens (tertiary/aromatic N) is 2. The molecule has 0 bridgehead atoms. The van der Waals surface area contributed by atoms with Gasteiger partial charge in [0.05, 0.1) is 12.7 Å². The van der Waals surface area contributed by atoms with Crippen LogP contribution in [-0.4, -0.2) is 56.7 Å². The maximum absolute atomic E-state index is 12.8. The molecule has 0 atom stereocenters. The van der Waals surface area contributed by atoms with Crippen LogP contribution in [0.5, 0.6) is 5.75 Å². The Morgan fingerprint density at radius 2 is 1.32 bits per heavy atom. The zero-order chi connectivity index (χ0) is 22.7. The molecule has 0 unspecified atom stereocenters. The molecule has 0 aliphatic carbocycles. The summed E-state index contributed by atoms with van der Waals surface area (Å²) in [5.41, 5.74) is 6.91. The summed E-state index contributed by atoms with van der Waals surface area (Å²) in [7, 11) is 1.65. The average Bonchev–Trinajstić information content (AvgIpc) is 2.80. The molecule has 1 aliphatic rings. The molecule has 31 heavy (non-hydrogen) atoms. The molecule has 0 saturated carbocycles. The van der Waals surface area contributed by atoms with Crippen molar-refractivity contribution < 1.29 is 19.1 Å². The zero-order valence-electron chi connectivity index (χ0n) is 19.4. The summed E-state index contributed by atoms with van der Waals surface area (Å²) in [5.74, 6) is 0.244. The van der Waals surface area contributed by atoms with Crippen LogP contribution in [0.1, 0.15) is 38.2 Å². The van der Waals surface area contributed by atoms with E-state index in [-0.39, 0.29) is 12.5 Å². The van der Waals surface area contributed by atoms with Gasteiger partial charge in [0.1, 0.15) is 5.75 Å². The molecule has 6 heteroatoms. The normalized spacial score (nSPS) is 13.9. The number of amides is 1. The fraction of sp³-hybridized carbons (Fsp3) is 0.440. The molecular formula is C25H32N2O4. The van der Waals surface area contributed by atoms with Crippen LogP contribution >= 0.6 is 0 Å². The number of anilines is 1.